The van der Waals surface area contributed by atoms with Crippen LogP contribution in [0.5, 0.6) is 0 Å². The molecule has 0 radical (unpaired) electrons. The fourth-order valence-corrected chi connectivity index (χ4v) is 4.05. The Kier molecular flexibility index (Phi) is 3.15. The van der Waals surface area contributed by atoms with Gasteiger partial charge in [-0.15, -0.1) is 0 Å². The highest BCUT2D eigenvalue weighted by molar-refractivity contribution is 8.00. The van der Waals surface area contributed by atoms with Crippen molar-refractivity contribution in [1.82, 2.24) is 4.90 Å². The minimum absolute atomic E-state index is 0.0754. The first kappa shape index (κ1) is 12.8. The van der Waals surface area contributed by atoms with Gasteiger partial charge in [-0.3, -0.25) is 4.79 Å². The van der Waals surface area contributed by atoms with Gasteiger partial charge in [0.2, 0.25) is 5.91 Å². The molecule has 0 bridgehead atoms. The largest absolute Gasteiger partial charge is 0.339 e. The van der Waals surface area contributed by atoms with Gasteiger partial charge in [0.25, 0.3) is 0 Å². The van der Waals surface area contributed by atoms with Crippen molar-refractivity contribution in [3.8, 4) is 6.07 Å². The smallest absolute Gasteiger partial charge is 0.243 e. The van der Waals surface area contributed by atoms with Gasteiger partial charge >= 0.3 is 0 Å². The summed E-state index contributed by atoms with van der Waals surface area (Å²) in [4.78, 5) is 14.4. The Morgan fingerprint density at radius 3 is 2.59 bits per heavy atom. The summed E-state index contributed by atoms with van der Waals surface area (Å²) in [5, 5.41) is 9.28. The first-order chi connectivity index (χ1) is 7.88. The van der Waals surface area contributed by atoms with E-state index in [1.54, 1.807) is 0 Å². The molecule has 0 aromatic carbocycles. The van der Waals surface area contributed by atoms with E-state index in [4.69, 9.17) is 0 Å². The van der Waals surface area contributed by atoms with Crippen LogP contribution in [0.1, 0.15) is 33.6 Å². The van der Waals surface area contributed by atoms with Crippen LogP contribution in [0.15, 0.2) is 0 Å². The lowest BCUT2D eigenvalue weighted by Crippen LogP contribution is -2.55. The second-order valence-corrected chi connectivity index (χ2v) is 7.84. The third kappa shape index (κ3) is 2.30. The minimum Gasteiger partial charge on any atom is -0.339 e. The molecule has 1 saturated heterocycles. The Bertz CT molecular complexity index is 366. The molecule has 0 unspecified atom stereocenters. The van der Waals surface area contributed by atoms with Crippen LogP contribution < -0.4 is 0 Å². The van der Waals surface area contributed by atoms with Crippen LogP contribution in [0, 0.1) is 22.7 Å². The van der Waals surface area contributed by atoms with Crippen molar-refractivity contribution in [1.29, 1.82) is 5.26 Å². The monoisotopic (exact) mass is 252 g/mol. The number of hydrogen-bond donors (Lipinski definition) is 0. The lowest BCUT2D eigenvalue weighted by Gasteiger charge is -2.45. The van der Waals surface area contributed by atoms with Crippen molar-refractivity contribution in [3.63, 3.8) is 0 Å². The fraction of sp³-hybridized carbons (Fsp3) is 0.846. The average Bonchev–Trinajstić information content (AvgIpc) is 2.22. The highest BCUT2D eigenvalue weighted by atomic mass is 32.2. The van der Waals surface area contributed by atoms with E-state index in [1.807, 2.05) is 16.7 Å². The Hall–Kier alpha value is -0.690. The van der Waals surface area contributed by atoms with Crippen molar-refractivity contribution in [2.24, 2.45) is 11.3 Å². The SMILES string of the molecule is CC1CC(C#N)(C(=O)N2CCSC(C)(C)C2)C1. The molecule has 2 rings (SSSR count). The molecule has 0 aromatic rings. The van der Waals surface area contributed by atoms with Gasteiger partial charge in [0.05, 0.1) is 6.07 Å². The third-order valence-electron chi connectivity index (χ3n) is 3.73. The van der Waals surface area contributed by atoms with Crippen LogP contribution in [0.4, 0.5) is 0 Å². The van der Waals surface area contributed by atoms with Gasteiger partial charge in [0.1, 0.15) is 5.41 Å². The predicted octanol–water partition coefficient (Wildman–Crippen LogP) is 2.28. The number of carbonyl (C=O) groups is 1. The molecule has 2 aliphatic rings. The standard InChI is InChI=1S/C13H20N2OS/c1-10-6-13(7-10,8-14)11(16)15-4-5-17-12(2,3)9-15/h10H,4-7,9H2,1-3H3. The summed E-state index contributed by atoms with van der Waals surface area (Å²) in [5.41, 5.74) is -0.697. The zero-order chi connectivity index (χ0) is 12.7. The Balaban J connectivity index is 2.08. The Morgan fingerprint density at radius 1 is 1.47 bits per heavy atom. The zero-order valence-electron chi connectivity index (χ0n) is 10.8. The van der Waals surface area contributed by atoms with Gasteiger partial charge in [0, 0.05) is 23.6 Å². The molecule has 17 heavy (non-hydrogen) atoms. The molecule has 4 heteroatoms. The van der Waals surface area contributed by atoms with Crippen molar-refractivity contribution < 1.29 is 4.79 Å². The van der Waals surface area contributed by atoms with E-state index in [0.29, 0.717) is 5.92 Å². The van der Waals surface area contributed by atoms with Gasteiger partial charge in [-0.25, -0.2) is 0 Å². The zero-order valence-corrected chi connectivity index (χ0v) is 11.6. The van der Waals surface area contributed by atoms with Gasteiger partial charge in [-0.1, -0.05) is 6.92 Å². The van der Waals surface area contributed by atoms with E-state index in [0.717, 1.165) is 31.7 Å². The van der Waals surface area contributed by atoms with Crippen LogP contribution in [0.2, 0.25) is 0 Å². The number of nitrogens with zero attached hydrogens (tertiary/aromatic N) is 2. The normalized spacial score (nSPS) is 35.9. The molecule has 1 aliphatic carbocycles. The molecule has 0 spiro atoms. The number of hydrogen-bond acceptors (Lipinski definition) is 3. The van der Waals surface area contributed by atoms with Crippen LogP contribution >= 0.6 is 11.8 Å². The van der Waals surface area contributed by atoms with Crippen LogP contribution in [0.25, 0.3) is 0 Å². The highest BCUT2D eigenvalue weighted by Gasteiger charge is 2.51. The average molecular weight is 252 g/mol. The summed E-state index contributed by atoms with van der Waals surface area (Å²) in [6, 6.07) is 2.27. The molecule has 1 heterocycles. The van der Waals surface area contributed by atoms with Crippen molar-refractivity contribution >= 4 is 17.7 Å². The minimum atomic E-state index is -0.697. The first-order valence-electron chi connectivity index (χ1n) is 6.23. The molecular formula is C13H20N2OS. The summed E-state index contributed by atoms with van der Waals surface area (Å²) >= 11 is 1.91. The number of thioether (sulfide) groups is 1. The quantitative estimate of drug-likeness (QED) is 0.719. The molecule has 0 aromatic heterocycles. The van der Waals surface area contributed by atoms with Gasteiger partial charge in [-0.05, 0) is 32.6 Å². The molecular weight excluding hydrogens is 232 g/mol. The second-order valence-electron chi connectivity index (χ2n) is 6.04. The van der Waals surface area contributed by atoms with E-state index in [1.165, 1.54) is 0 Å². The number of rotatable bonds is 1. The lowest BCUT2D eigenvalue weighted by molar-refractivity contribution is -0.145. The maximum atomic E-state index is 12.5. The van der Waals surface area contributed by atoms with E-state index in [-0.39, 0.29) is 10.7 Å². The Labute approximate surface area is 108 Å². The molecule has 1 saturated carbocycles. The molecule has 0 atom stereocenters. The highest BCUT2D eigenvalue weighted by Crippen LogP contribution is 2.47. The molecule has 1 aliphatic heterocycles. The molecule has 2 fully saturated rings. The Morgan fingerprint density at radius 2 is 2.12 bits per heavy atom. The summed E-state index contributed by atoms with van der Waals surface area (Å²) in [5.74, 6) is 1.58. The predicted molar refractivity (Wildman–Crippen MR) is 69.6 cm³/mol. The third-order valence-corrected chi connectivity index (χ3v) is 5.03. The van der Waals surface area contributed by atoms with Crippen molar-refractivity contribution in [2.45, 2.75) is 38.4 Å². The molecule has 3 nitrogen and oxygen atoms in total. The maximum absolute atomic E-state index is 12.5. The molecule has 1 amide bonds. The van der Waals surface area contributed by atoms with E-state index in [2.05, 4.69) is 26.8 Å². The van der Waals surface area contributed by atoms with E-state index < -0.39 is 5.41 Å². The number of nitriles is 1. The van der Waals surface area contributed by atoms with E-state index in [9.17, 15) is 10.1 Å². The fourth-order valence-electron chi connectivity index (χ4n) is 2.94. The van der Waals surface area contributed by atoms with Crippen molar-refractivity contribution in [2.75, 3.05) is 18.8 Å². The number of amides is 1. The van der Waals surface area contributed by atoms with Crippen molar-refractivity contribution in [3.05, 3.63) is 0 Å². The second kappa shape index (κ2) is 4.20. The maximum Gasteiger partial charge on any atom is 0.243 e. The number of carbonyl (C=O) groups excluding carboxylic acids is 1. The summed E-state index contributed by atoms with van der Waals surface area (Å²) < 4.78 is 0.125. The topological polar surface area (TPSA) is 44.1 Å². The van der Waals surface area contributed by atoms with E-state index >= 15 is 0 Å². The van der Waals surface area contributed by atoms with Crippen LogP contribution in [0.3, 0.4) is 0 Å². The first-order valence-corrected chi connectivity index (χ1v) is 7.22. The van der Waals surface area contributed by atoms with Gasteiger partial charge < -0.3 is 4.90 Å². The summed E-state index contributed by atoms with van der Waals surface area (Å²) in [6.45, 7) is 8.01. The lowest BCUT2D eigenvalue weighted by atomic mass is 9.62. The molecule has 0 N–H and O–H groups in total. The van der Waals surface area contributed by atoms with Gasteiger partial charge in [0.15, 0.2) is 0 Å². The molecule has 94 valence electrons. The van der Waals surface area contributed by atoms with Gasteiger partial charge in [-0.2, -0.15) is 17.0 Å². The summed E-state index contributed by atoms with van der Waals surface area (Å²) in [7, 11) is 0. The summed E-state index contributed by atoms with van der Waals surface area (Å²) in [6.07, 6.45) is 1.48. The van der Waals surface area contributed by atoms with Crippen LogP contribution in [-0.4, -0.2) is 34.4 Å². The van der Waals surface area contributed by atoms with Crippen LogP contribution in [-0.2, 0) is 4.79 Å².